The van der Waals surface area contributed by atoms with Gasteiger partial charge in [0.15, 0.2) is 5.75 Å². The second-order valence-corrected chi connectivity index (χ2v) is 8.48. The van der Waals surface area contributed by atoms with E-state index in [-0.39, 0.29) is 24.7 Å². The molecule has 0 aliphatic carbocycles. The van der Waals surface area contributed by atoms with Crippen molar-refractivity contribution in [1.82, 2.24) is 10.2 Å². The maximum Gasteiger partial charge on any atom is 0.417 e. The second kappa shape index (κ2) is 13.1. The van der Waals surface area contributed by atoms with Crippen LogP contribution < -0.4 is 14.4 Å². The van der Waals surface area contributed by atoms with E-state index in [1.165, 1.54) is 12.1 Å². The fourth-order valence-corrected chi connectivity index (χ4v) is 3.96. The molecule has 0 spiro atoms. The average Bonchev–Trinajstić information content (AvgIpc) is 3.33. The lowest BCUT2D eigenvalue weighted by Gasteiger charge is -2.23. The highest BCUT2D eigenvalue weighted by molar-refractivity contribution is 6.32. The summed E-state index contributed by atoms with van der Waals surface area (Å²) in [4.78, 5) is 14.7. The van der Waals surface area contributed by atoms with Gasteiger partial charge in [-0.15, -0.1) is 0 Å². The van der Waals surface area contributed by atoms with Crippen molar-refractivity contribution >= 4 is 23.2 Å². The van der Waals surface area contributed by atoms with Crippen LogP contribution in [0.4, 0.5) is 23.2 Å². The summed E-state index contributed by atoms with van der Waals surface area (Å²) in [6, 6.07) is 9.11. The summed E-state index contributed by atoms with van der Waals surface area (Å²) >= 11 is 5.85. The molecule has 1 N–H and O–H groups in total. The molecule has 0 saturated carbocycles. The second-order valence-electron chi connectivity index (χ2n) is 8.11. The minimum absolute atomic E-state index is 0.0546. The van der Waals surface area contributed by atoms with E-state index in [1.54, 1.807) is 17.3 Å². The Balaban J connectivity index is 0.000000732. The molecule has 2 aromatic carbocycles. The maximum atomic E-state index is 13.0. The summed E-state index contributed by atoms with van der Waals surface area (Å²) in [6.45, 7) is 7.01. The van der Waals surface area contributed by atoms with Gasteiger partial charge in [0.25, 0.3) is 0 Å². The van der Waals surface area contributed by atoms with Crippen molar-refractivity contribution in [1.29, 1.82) is 0 Å². The monoisotopic (exact) mass is 551 g/mol. The third-order valence-electron chi connectivity index (χ3n) is 5.45. The van der Waals surface area contributed by atoms with Gasteiger partial charge in [0.2, 0.25) is 5.91 Å². The van der Waals surface area contributed by atoms with Gasteiger partial charge in [-0.1, -0.05) is 43.0 Å². The fraction of sp³-hybridized carbons (Fsp3) is 0.259. The van der Waals surface area contributed by atoms with Gasteiger partial charge in [-0.3, -0.25) is 9.89 Å². The number of aromatic nitrogens is 2. The zero-order chi connectivity index (χ0) is 27.7. The summed E-state index contributed by atoms with van der Waals surface area (Å²) in [5.74, 6) is -0.0382. The molecule has 1 aliphatic rings. The molecule has 1 aliphatic heterocycles. The molecular formula is C27H26ClF4N3O3. The molecule has 0 fully saturated rings. The summed E-state index contributed by atoms with van der Waals surface area (Å²) in [6.07, 6.45) is 1.08. The van der Waals surface area contributed by atoms with Crippen LogP contribution in [0.1, 0.15) is 24.8 Å². The number of nitrogens with zero attached hydrogens (tertiary/aromatic N) is 2. The van der Waals surface area contributed by atoms with Crippen molar-refractivity contribution in [2.45, 2.75) is 25.4 Å². The molecule has 0 radical (unpaired) electrons. The number of anilines is 1. The number of ether oxygens (including phenoxy) is 2. The molecular weight excluding hydrogens is 526 g/mol. The van der Waals surface area contributed by atoms with Gasteiger partial charge >= 0.3 is 6.18 Å². The van der Waals surface area contributed by atoms with Crippen molar-refractivity contribution in [3.05, 3.63) is 84.4 Å². The van der Waals surface area contributed by atoms with Crippen LogP contribution in [0.5, 0.6) is 11.5 Å². The fourth-order valence-electron chi connectivity index (χ4n) is 3.67. The predicted molar refractivity (Wildman–Crippen MR) is 138 cm³/mol. The Morgan fingerprint density at radius 1 is 1.26 bits per heavy atom. The van der Waals surface area contributed by atoms with Gasteiger partial charge in [-0.25, -0.2) is 4.39 Å². The number of hydrogen-bond acceptors (Lipinski definition) is 4. The number of carbonyl (C=O) groups excluding carboxylic acids is 1. The summed E-state index contributed by atoms with van der Waals surface area (Å²) in [5.41, 5.74) is 1.42. The zero-order valence-corrected chi connectivity index (χ0v) is 21.1. The van der Waals surface area contributed by atoms with E-state index in [0.717, 1.165) is 23.3 Å². The number of alkyl halides is 3. The third-order valence-corrected chi connectivity index (χ3v) is 5.84. The van der Waals surface area contributed by atoms with Crippen molar-refractivity contribution in [2.24, 2.45) is 0 Å². The molecule has 2 heterocycles. The van der Waals surface area contributed by atoms with E-state index in [0.29, 0.717) is 37.4 Å². The van der Waals surface area contributed by atoms with E-state index in [1.807, 2.05) is 18.2 Å². The molecule has 0 saturated heterocycles. The number of H-pyrrole nitrogens is 1. The van der Waals surface area contributed by atoms with Crippen LogP contribution in [0.15, 0.2) is 73.9 Å². The van der Waals surface area contributed by atoms with E-state index >= 15 is 0 Å². The van der Waals surface area contributed by atoms with Crippen LogP contribution in [-0.4, -0.2) is 35.9 Å². The normalized spacial score (nSPS) is 12.8. The largest absolute Gasteiger partial charge is 0.492 e. The number of nitrogens with one attached hydrogen (secondary N) is 1. The highest BCUT2D eigenvalue weighted by Crippen LogP contribution is 2.41. The summed E-state index contributed by atoms with van der Waals surface area (Å²) in [7, 11) is 0. The average molecular weight is 552 g/mol. The van der Waals surface area contributed by atoms with Crippen molar-refractivity contribution in [3.8, 4) is 22.6 Å². The van der Waals surface area contributed by atoms with Crippen LogP contribution in [0, 0.1) is 0 Å². The van der Waals surface area contributed by atoms with Crippen LogP contribution in [0.2, 0.25) is 5.02 Å². The molecule has 0 bridgehead atoms. The lowest BCUT2D eigenvalue weighted by Crippen LogP contribution is -2.31. The SMILES string of the molecule is C=CC(=C)F.O=C(CCCOc1cccc(C(F)(F)F)c1Cl)N1CCCOc2c(-c3cn[nH]c3)cccc21. The molecule has 202 valence electrons. The van der Waals surface area contributed by atoms with Crippen LogP contribution in [-0.2, 0) is 11.0 Å². The number of halogens is 5. The Labute approximate surface area is 222 Å². The molecule has 0 atom stereocenters. The molecule has 0 unspecified atom stereocenters. The number of hydrogen-bond donors (Lipinski definition) is 1. The first-order chi connectivity index (χ1) is 18.1. The number of amides is 1. The molecule has 38 heavy (non-hydrogen) atoms. The minimum Gasteiger partial charge on any atom is -0.492 e. The number of carbonyl (C=O) groups is 1. The number of aromatic amines is 1. The van der Waals surface area contributed by atoms with Gasteiger partial charge in [-0.2, -0.15) is 18.3 Å². The Hall–Kier alpha value is -3.79. The summed E-state index contributed by atoms with van der Waals surface area (Å²) < 4.78 is 61.5. The third kappa shape index (κ3) is 7.38. The molecule has 1 aromatic heterocycles. The van der Waals surface area contributed by atoms with Crippen molar-refractivity contribution in [3.63, 3.8) is 0 Å². The number of para-hydroxylation sites is 1. The number of rotatable bonds is 7. The van der Waals surface area contributed by atoms with E-state index in [9.17, 15) is 22.4 Å². The lowest BCUT2D eigenvalue weighted by atomic mass is 10.1. The minimum atomic E-state index is -4.57. The van der Waals surface area contributed by atoms with Gasteiger partial charge in [0.05, 0.1) is 35.7 Å². The van der Waals surface area contributed by atoms with Crippen LogP contribution in [0.25, 0.3) is 11.1 Å². The van der Waals surface area contributed by atoms with Gasteiger partial charge < -0.3 is 14.4 Å². The first kappa shape index (κ1) is 28.8. The quantitative estimate of drug-likeness (QED) is 0.189. The van der Waals surface area contributed by atoms with Crippen molar-refractivity contribution < 1.29 is 31.8 Å². The summed E-state index contributed by atoms with van der Waals surface area (Å²) in [5, 5.41) is 6.27. The van der Waals surface area contributed by atoms with Gasteiger partial charge in [-0.05, 0) is 37.1 Å². The van der Waals surface area contributed by atoms with Gasteiger partial charge in [0, 0.05) is 30.3 Å². The zero-order valence-electron chi connectivity index (χ0n) is 20.4. The highest BCUT2D eigenvalue weighted by atomic mass is 35.5. The standard InChI is InChI=1S/C23H21ClF3N3O3.C4H5F/c24-21-17(23(25,26)27)6-2-8-19(21)32-11-3-9-20(31)30-10-4-12-33-22-16(5-1-7-18(22)30)15-13-28-29-14-15;1-3-4(2)5/h1-2,5-8,13-14H,3-4,9-12H2,(H,28,29);3H,1-2H2. The smallest absolute Gasteiger partial charge is 0.417 e. The maximum absolute atomic E-state index is 13.0. The Bertz CT molecular complexity index is 1260. The molecule has 3 aromatic rings. The Morgan fingerprint density at radius 2 is 2.00 bits per heavy atom. The first-order valence-electron chi connectivity index (χ1n) is 11.6. The number of allylic oxidation sites excluding steroid dienone is 2. The highest BCUT2D eigenvalue weighted by Gasteiger charge is 2.34. The van der Waals surface area contributed by atoms with Crippen molar-refractivity contribution in [2.75, 3.05) is 24.7 Å². The van der Waals surface area contributed by atoms with E-state index in [4.69, 9.17) is 21.1 Å². The van der Waals surface area contributed by atoms with E-state index in [2.05, 4.69) is 23.4 Å². The number of fused-ring (bicyclic) bond motifs is 1. The van der Waals surface area contributed by atoms with E-state index < -0.39 is 22.6 Å². The molecule has 6 nitrogen and oxygen atoms in total. The predicted octanol–water partition coefficient (Wildman–Crippen LogP) is 7.38. The Kier molecular flexibility index (Phi) is 9.95. The van der Waals surface area contributed by atoms with Crippen LogP contribution in [0.3, 0.4) is 0 Å². The topological polar surface area (TPSA) is 67.4 Å². The van der Waals surface area contributed by atoms with Crippen LogP contribution >= 0.6 is 11.6 Å². The molecule has 11 heteroatoms. The molecule has 4 rings (SSSR count). The Morgan fingerprint density at radius 3 is 2.66 bits per heavy atom. The lowest BCUT2D eigenvalue weighted by molar-refractivity contribution is -0.137. The first-order valence-corrected chi connectivity index (χ1v) is 12.0. The molecule has 1 amide bonds. The van der Waals surface area contributed by atoms with Gasteiger partial charge in [0.1, 0.15) is 11.6 Å². The number of benzene rings is 2.